The van der Waals surface area contributed by atoms with Crippen LogP contribution in [0.4, 0.5) is 0 Å². The molecule has 76 heavy (non-hydrogen) atoms. The summed E-state index contributed by atoms with van der Waals surface area (Å²) < 4.78 is 32.8. The van der Waals surface area contributed by atoms with Crippen LogP contribution in [0.5, 0.6) is 23.0 Å². The van der Waals surface area contributed by atoms with Gasteiger partial charge in [-0.05, 0) is 89.9 Å². The van der Waals surface area contributed by atoms with E-state index in [2.05, 4.69) is 15.9 Å². The number of carbonyl (C=O) groups is 4. The van der Waals surface area contributed by atoms with E-state index in [1.54, 1.807) is 32.4 Å². The number of nitrogens with zero attached hydrogens (tertiary/aromatic N) is 2. The molecule has 0 unspecified atom stereocenters. The predicted molar refractivity (Wildman–Crippen MR) is 297 cm³/mol. The Bertz CT molecular complexity index is 2830. The summed E-state index contributed by atoms with van der Waals surface area (Å²) in [4.78, 5) is 53.2. The Balaban J connectivity index is 0.000000205. The molecule has 2 amide bonds. The molecule has 400 valence electrons. The number of ether oxygens (including phenoxy) is 6. The van der Waals surface area contributed by atoms with Crippen molar-refractivity contribution in [2.24, 2.45) is 0 Å². The fourth-order valence-electron chi connectivity index (χ4n) is 8.87. The van der Waals surface area contributed by atoms with E-state index in [-0.39, 0.29) is 36.6 Å². The van der Waals surface area contributed by atoms with Gasteiger partial charge >= 0.3 is 7.12 Å². The van der Waals surface area contributed by atoms with Crippen molar-refractivity contribution in [1.29, 1.82) is 0 Å². The number of hydrogen-bond acceptors (Lipinski definition) is 12. The second-order valence-electron chi connectivity index (χ2n) is 18.3. The zero-order valence-corrected chi connectivity index (χ0v) is 45.4. The van der Waals surface area contributed by atoms with Crippen molar-refractivity contribution in [2.45, 2.75) is 77.7 Å². The molecule has 0 spiro atoms. The Morgan fingerprint density at radius 1 is 0.513 bits per heavy atom. The fourth-order valence-corrected chi connectivity index (χ4v) is 9.36. The predicted octanol–water partition coefficient (Wildman–Crippen LogP) is 9.81. The van der Waals surface area contributed by atoms with Crippen LogP contribution in [0.3, 0.4) is 0 Å². The van der Waals surface area contributed by atoms with Gasteiger partial charge in [0.25, 0.3) is 11.8 Å². The van der Waals surface area contributed by atoms with Crippen LogP contribution in [0.15, 0.2) is 138 Å². The average molecular weight is 1100 g/mol. The number of benzene rings is 6. The van der Waals surface area contributed by atoms with Crippen LogP contribution in [-0.4, -0.2) is 105 Å². The Labute approximate surface area is 455 Å². The van der Waals surface area contributed by atoms with Gasteiger partial charge in [0.05, 0.1) is 41.7 Å². The van der Waals surface area contributed by atoms with Crippen LogP contribution in [-0.2, 0) is 45.4 Å². The molecule has 0 atom stereocenters. The maximum Gasteiger partial charge on any atom is 0.492 e. The monoisotopic (exact) mass is 1100 g/mol. The van der Waals surface area contributed by atoms with Gasteiger partial charge in [-0.25, -0.2) is 0 Å². The first kappa shape index (κ1) is 58.4. The molecule has 0 aliphatic carbocycles. The maximum atomic E-state index is 13.0. The van der Waals surface area contributed by atoms with Gasteiger partial charge in [-0.1, -0.05) is 114 Å². The first-order chi connectivity index (χ1) is 36.9. The highest BCUT2D eigenvalue weighted by molar-refractivity contribution is 9.10. The van der Waals surface area contributed by atoms with Crippen LogP contribution in [0.1, 0.15) is 94.3 Å². The number of rotatable bonds is 26. The van der Waals surface area contributed by atoms with Crippen molar-refractivity contribution in [2.75, 3.05) is 54.7 Å². The first-order valence-corrected chi connectivity index (χ1v) is 26.3. The van der Waals surface area contributed by atoms with Crippen LogP contribution < -0.4 is 24.4 Å². The minimum absolute atomic E-state index is 0.0599. The minimum atomic E-state index is -1.53. The van der Waals surface area contributed by atoms with Gasteiger partial charge in [0, 0.05) is 77.8 Å². The van der Waals surface area contributed by atoms with Gasteiger partial charge in [-0.15, -0.1) is 0 Å². The van der Waals surface area contributed by atoms with E-state index in [0.29, 0.717) is 68.4 Å². The summed E-state index contributed by atoms with van der Waals surface area (Å²) in [6.07, 6.45) is 6.28. The lowest BCUT2D eigenvalue weighted by Crippen LogP contribution is -2.31. The number of hydrogen-bond donors (Lipinski definition) is 2. The molecule has 0 saturated heterocycles. The van der Waals surface area contributed by atoms with E-state index < -0.39 is 7.12 Å². The number of fused-ring (bicyclic) bond motifs is 2. The molecule has 8 rings (SSSR count). The molecule has 6 aromatic rings. The van der Waals surface area contributed by atoms with Gasteiger partial charge in [0.15, 0.2) is 11.6 Å². The second-order valence-corrected chi connectivity index (χ2v) is 19.1. The summed E-state index contributed by atoms with van der Waals surface area (Å²) in [6, 6.07) is 41.8. The van der Waals surface area contributed by atoms with Crippen molar-refractivity contribution in [3.8, 4) is 34.1 Å². The Morgan fingerprint density at radius 3 is 1.49 bits per heavy atom. The van der Waals surface area contributed by atoms with Crippen LogP contribution in [0.2, 0.25) is 0 Å². The molecule has 16 heteroatoms. The number of unbranched alkanes of at least 4 members (excludes halogenated alkanes) is 4. The number of ketones is 2. The Kier molecular flexibility index (Phi) is 23.6. The quantitative estimate of drug-likeness (QED) is 0.0390. The lowest BCUT2D eigenvalue weighted by molar-refractivity contribution is -0.124. The van der Waals surface area contributed by atoms with E-state index in [0.717, 1.165) is 99.8 Å². The Morgan fingerprint density at radius 2 is 0.987 bits per heavy atom. The lowest BCUT2D eigenvalue weighted by atomic mass is 9.79. The van der Waals surface area contributed by atoms with E-state index in [1.165, 1.54) is 14.2 Å². The standard InChI is InChI=1S/C30H33NO5.C22H24BrNO3.C8H11BO4/c1-34-24-15-16-26(29(18-24)35-2)25-13-9-14-27-28(25)19-31(30(27)33)17-8-4-7-12-23(32)21-36-20-22-10-5-3-6-11-22;23-21-12-7-11-19-20(21)14-24(22(19)26)13-6-2-5-10-18(25)16-27-15-17-8-3-1-4-9-17;1-12-6-3-4-7(9(10)11)8(5-6)13-2/h3,5-6,9-11,13-16,18H,4,7-8,12,17,19-21H2,1-2H3;1,3-4,7-9,11-12H,2,5-6,10,13-16H2;3-5,10-11H,1-2H3. The first-order valence-electron chi connectivity index (χ1n) is 25.5. The maximum absolute atomic E-state index is 13.0. The molecular weight excluding hydrogens is 1030 g/mol. The minimum Gasteiger partial charge on any atom is -0.497 e. The number of Topliss-reactive ketones (excluding diaryl/α,β-unsaturated/α-hetero) is 2. The molecule has 0 aromatic heterocycles. The van der Waals surface area contributed by atoms with Gasteiger partial charge in [0.2, 0.25) is 0 Å². The summed E-state index contributed by atoms with van der Waals surface area (Å²) in [7, 11) is 4.73. The highest BCUT2D eigenvalue weighted by atomic mass is 79.9. The molecule has 2 aliphatic heterocycles. The molecule has 2 heterocycles. The smallest absolute Gasteiger partial charge is 0.492 e. The molecule has 0 radical (unpaired) electrons. The third-order valence-corrected chi connectivity index (χ3v) is 13.7. The average Bonchev–Trinajstić information content (AvgIpc) is 3.96. The van der Waals surface area contributed by atoms with Gasteiger partial charge in [-0.3, -0.25) is 19.2 Å². The zero-order chi connectivity index (χ0) is 54.2. The summed E-state index contributed by atoms with van der Waals surface area (Å²) in [6.45, 7) is 3.89. The van der Waals surface area contributed by atoms with Crippen LogP contribution >= 0.6 is 15.9 Å². The Hall–Kier alpha value is -6.82. The lowest BCUT2D eigenvalue weighted by Gasteiger charge is -2.16. The SMILES string of the molecule is COc1ccc(-c2cccc3c2CN(CCCCCC(=O)COCc2ccccc2)C3=O)c(OC)c1.COc1ccc(B(O)O)c(OC)c1.O=C(CCCCCN1Cc2c(Br)cccc2C1=O)COCc1ccccc1. The summed E-state index contributed by atoms with van der Waals surface area (Å²) >= 11 is 3.52. The summed E-state index contributed by atoms with van der Waals surface area (Å²) in [5, 5.41) is 17.9. The summed E-state index contributed by atoms with van der Waals surface area (Å²) in [5.41, 5.74) is 8.06. The van der Waals surface area contributed by atoms with Gasteiger partial charge in [0.1, 0.15) is 36.2 Å². The number of carbonyl (C=O) groups excluding carboxylic acids is 4. The molecule has 6 aromatic carbocycles. The highest BCUT2D eigenvalue weighted by Gasteiger charge is 2.30. The van der Waals surface area contributed by atoms with Crippen molar-refractivity contribution >= 4 is 51.9 Å². The van der Waals surface area contributed by atoms with E-state index in [9.17, 15) is 19.2 Å². The molecule has 0 bridgehead atoms. The fraction of sp³-hybridized carbons (Fsp3) is 0.333. The molecule has 2 N–H and O–H groups in total. The normalized spacial score (nSPS) is 12.2. The van der Waals surface area contributed by atoms with E-state index in [4.69, 9.17) is 38.5 Å². The number of amides is 2. The van der Waals surface area contributed by atoms with Crippen molar-refractivity contribution < 1.29 is 57.6 Å². The molecule has 0 fully saturated rings. The van der Waals surface area contributed by atoms with Gasteiger partial charge in [-0.2, -0.15) is 0 Å². The molecule has 0 saturated carbocycles. The van der Waals surface area contributed by atoms with Crippen LogP contribution in [0.25, 0.3) is 11.1 Å². The number of halogens is 1. The van der Waals surface area contributed by atoms with Crippen molar-refractivity contribution in [3.05, 3.63) is 171 Å². The topological polar surface area (TPSA) is 171 Å². The van der Waals surface area contributed by atoms with E-state index >= 15 is 0 Å². The highest BCUT2D eigenvalue weighted by Crippen LogP contribution is 2.39. The van der Waals surface area contributed by atoms with Crippen LogP contribution in [0, 0.1) is 0 Å². The van der Waals surface area contributed by atoms with Crippen molar-refractivity contribution in [3.63, 3.8) is 0 Å². The third-order valence-electron chi connectivity index (χ3n) is 13.0. The van der Waals surface area contributed by atoms with Crippen molar-refractivity contribution in [1.82, 2.24) is 9.80 Å². The third kappa shape index (κ3) is 17.1. The largest absolute Gasteiger partial charge is 0.497 e. The second kappa shape index (κ2) is 30.7. The number of methoxy groups -OCH3 is 4. The van der Waals surface area contributed by atoms with E-state index in [1.807, 2.05) is 125 Å². The molecule has 2 aliphatic rings. The molecular formula is C60H68BBrN2O12. The molecule has 14 nitrogen and oxygen atoms in total. The zero-order valence-electron chi connectivity index (χ0n) is 43.8. The summed E-state index contributed by atoms with van der Waals surface area (Å²) in [5.74, 6) is 2.87. The van der Waals surface area contributed by atoms with Gasteiger partial charge < -0.3 is 48.3 Å².